The Morgan fingerprint density at radius 3 is 2.12 bits per heavy atom. The molecule has 2 amide bonds. The van der Waals surface area contributed by atoms with Gasteiger partial charge in [0.2, 0.25) is 15.9 Å². The predicted molar refractivity (Wildman–Crippen MR) is 123 cm³/mol. The number of phenols is 1. The zero-order chi connectivity index (χ0) is 24.3. The molecule has 0 atom stereocenters. The van der Waals surface area contributed by atoms with Crippen molar-refractivity contribution in [2.24, 2.45) is 5.92 Å². The third kappa shape index (κ3) is 4.62. The predicted octanol–water partition coefficient (Wildman–Crippen LogP) is 1.65. The molecule has 0 aromatic heterocycles. The number of hydrogen-bond donors (Lipinski definition) is 1. The molecule has 2 heterocycles. The van der Waals surface area contributed by atoms with Crippen LogP contribution >= 0.6 is 0 Å². The van der Waals surface area contributed by atoms with Crippen LogP contribution in [0, 0.1) is 17.2 Å². The van der Waals surface area contributed by atoms with Crippen LogP contribution in [0.5, 0.6) is 5.75 Å². The minimum atomic E-state index is -3.80. The molecule has 0 saturated carbocycles. The highest BCUT2D eigenvalue weighted by molar-refractivity contribution is 7.89. The number of piperazine rings is 1. The summed E-state index contributed by atoms with van der Waals surface area (Å²) in [5.41, 5.74) is 0.353. The molecule has 178 valence electrons. The maximum absolute atomic E-state index is 13.1. The van der Waals surface area contributed by atoms with Gasteiger partial charge < -0.3 is 14.9 Å². The summed E-state index contributed by atoms with van der Waals surface area (Å²) in [5, 5.41) is 19.2. The fourth-order valence-corrected chi connectivity index (χ4v) is 6.09. The second-order valence-corrected chi connectivity index (χ2v) is 10.3. The monoisotopic (exact) mass is 482 g/mol. The third-order valence-corrected chi connectivity index (χ3v) is 8.40. The van der Waals surface area contributed by atoms with Gasteiger partial charge >= 0.3 is 0 Å². The van der Waals surface area contributed by atoms with E-state index >= 15 is 0 Å². The average Bonchev–Trinajstić information content (AvgIpc) is 2.88. The van der Waals surface area contributed by atoms with Crippen molar-refractivity contribution in [1.82, 2.24) is 14.1 Å². The first-order valence-electron chi connectivity index (χ1n) is 11.2. The third-order valence-electron chi connectivity index (χ3n) is 6.44. The van der Waals surface area contributed by atoms with Gasteiger partial charge in [0.25, 0.3) is 5.91 Å². The first-order chi connectivity index (χ1) is 16.3. The summed E-state index contributed by atoms with van der Waals surface area (Å²) >= 11 is 0. The van der Waals surface area contributed by atoms with E-state index in [2.05, 4.69) is 0 Å². The number of nitrogens with zero attached hydrogens (tertiary/aromatic N) is 4. The Labute approximate surface area is 198 Å². The van der Waals surface area contributed by atoms with Gasteiger partial charge in [-0.1, -0.05) is 24.3 Å². The normalized spacial score (nSPS) is 17.9. The molecule has 0 aliphatic carbocycles. The number of phenolic OH excluding ortho intramolecular Hbond substituents is 1. The van der Waals surface area contributed by atoms with Crippen LogP contribution in [-0.2, 0) is 14.8 Å². The maximum atomic E-state index is 13.1. The lowest BCUT2D eigenvalue weighted by Crippen LogP contribution is -2.53. The molecule has 34 heavy (non-hydrogen) atoms. The van der Waals surface area contributed by atoms with Crippen LogP contribution in [0.1, 0.15) is 28.8 Å². The van der Waals surface area contributed by atoms with E-state index in [1.807, 2.05) is 6.07 Å². The average molecular weight is 483 g/mol. The molecule has 2 aromatic carbocycles. The van der Waals surface area contributed by atoms with Crippen molar-refractivity contribution in [3.8, 4) is 11.8 Å². The summed E-state index contributed by atoms with van der Waals surface area (Å²) in [6.45, 7) is 1.96. The summed E-state index contributed by atoms with van der Waals surface area (Å²) in [7, 11) is -3.80. The van der Waals surface area contributed by atoms with Gasteiger partial charge in [0.05, 0.1) is 16.0 Å². The first-order valence-corrected chi connectivity index (χ1v) is 12.6. The molecule has 2 aromatic rings. The van der Waals surface area contributed by atoms with Crippen molar-refractivity contribution in [2.75, 3.05) is 39.3 Å². The summed E-state index contributed by atoms with van der Waals surface area (Å²) < 4.78 is 27.4. The van der Waals surface area contributed by atoms with Crippen molar-refractivity contribution in [2.45, 2.75) is 17.7 Å². The molecule has 10 heteroatoms. The van der Waals surface area contributed by atoms with Crippen LogP contribution < -0.4 is 0 Å². The van der Waals surface area contributed by atoms with Crippen molar-refractivity contribution in [3.63, 3.8) is 0 Å². The number of carbonyl (C=O) groups excluding carboxylic acids is 2. The van der Waals surface area contributed by atoms with Crippen molar-refractivity contribution in [1.29, 1.82) is 5.26 Å². The van der Waals surface area contributed by atoms with Crippen molar-refractivity contribution in [3.05, 3.63) is 59.7 Å². The molecule has 0 spiro atoms. The Bertz CT molecular complexity index is 1220. The van der Waals surface area contributed by atoms with Gasteiger partial charge in [-0.2, -0.15) is 9.57 Å². The van der Waals surface area contributed by atoms with Gasteiger partial charge in [-0.25, -0.2) is 8.42 Å². The Kier molecular flexibility index (Phi) is 6.86. The Morgan fingerprint density at radius 1 is 0.882 bits per heavy atom. The SMILES string of the molecule is N#Cc1ccccc1S(=O)(=O)N1CCC(C(=O)N2CCN(C(=O)c3ccccc3O)CC2)CC1. The van der Waals surface area contributed by atoms with Crippen LogP contribution in [-0.4, -0.2) is 78.7 Å². The lowest BCUT2D eigenvalue weighted by molar-refractivity contribution is -0.138. The number of aromatic hydroxyl groups is 1. The number of hydrogen-bond acceptors (Lipinski definition) is 6. The zero-order valence-electron chi connectivity index (χ0n) is 18.6. The highest BCUT2D eigenvalue weighted by atomic mass is 32.2. The number of rotatable bonds is 4. The van der Waals surface area contributed by atoms with E-state index in [0.29, 0.717) is 39.0 Å². The lowest BCUT2D eigenvalue weighted by atomic mass is 9.96. The van der Waals surface area contributed by atoms with E-state index in [9.17, 15) is 28.4 Å². The summed E-state index contributed by atoms with van der Waals surface area (Å²) in [6.07, 6.45) is 0.813. The summed E-state index contributed by atoms with van der Waals surface area (Å²) in [6, 6.07) is 14.4. The molecule has 2 aliphatic rings. The van der Waals surface area contributed by atoms with Crippen LogP contribution in [0.15, 0.2) is 53.4 Å². The van der Waals surface area contributed by atoms with Crippen LogP contribution in [0.2, 0.25) is 0 Å². The van der Waals surface area contributed by atoms with Crippen molar-refractivity contribution >= 4 is 21.8 Å². The molecule has 0 radical (unpaired) electrons. The molecule has 0 bridgehead atoms. The minimum Gasteiger partial charge on any atom is -0.507 e. The van der Waals surface area contributed by atoms with Gasteiger partial charge in [-0.3, -0.25) is 9.59 Å². The van der Waals surface area contributed by atoms with E-state index < -0.39 is 10.0 Å². The quantitative estimate of drug-likeness (QED) is 0.707. The van der Waals surface area contributed by atoms with Gasteiger partial charge in [0.15, 0.2) is 0 Å². The fraction of sp³-hybridized carbons (Fsp3) is 0.375. The number of para-hydroxylation sites is 1. The number of benzene rings is 2. The summed E-state index contributed by atoms with van der Waals surface area (Å²) in [4.78, 5) is 29.1. The van der Waals surface area contributed by atoms with E-state index in [4.69, 9.17) is 0 Å². The topological polar surface area (TPSA) is 122 Å². The smallest absolute Gasteiger partial charge is 0.257 e. The van der Waals surface area contributed by atoms with Crippen LogP contribution in [0.3, 0.4) is 0 Å². The standard InChI is InChI=1S/C24H26N4O5S/c25-17-19-5-1-4-8-22(19)34(32,33)28-11-9-18(10-12-28)23(30)26-13-15-27(16-14-26)24(31)20-6-2-3-7-21(20)29/h1-8,18,29H,9-16H2. The minimum absolute atomic E-state index is 0.00693. The number of carbonyl (C=O) groups is 2. The van der Waals surface area contributed by atoms with Gasteiger partial charge in [0, 0.05) is 45.2 Å². The highest BCUT2D eigenvalue weighted by Gasteiger charge is 2.36. The molecule has 9 nitrogen and oxygen atoms in total. The largest absolute Gasteiger partial charge is 0.507 e. The number of sulfonamides is 1. The second-order valence-electron chi connectivity index (χ2n) is 8.42. The second kappa shape index (κ2) is 9.83. The van der Waals surface area contributed by atoms with E-state index in [1.54, 1.807) is 40.1 Å². The van der Waals surface area contributed by atoms with Crippen LogP contribution in [0.4, 0.5) is 0 Å². The molecule has 2 aliphatic heterocycles. The zero-order valence-corrected chi connectivity index (χ0v) is 19.4. The highest BCUT2D eigenvalue weighted by Crippen LogP contribution is 2.27. The van der Waals surface area contributed by atoms with E-state index in [0.717, 1.165) is 0 Å². The lowest BCUT2D eigenvalue weighted by Gasteiger charge is -2.38. The number of amides is 2. The Hall–Kier alpha value is -3.42. The maximum Gasteiger partial charge on any atom is 0.257 e. The van der Waals surface area contributed by atoms with Crippen molar-refractivity contribution < 1.29 is 23.1 Å². The fourth-order valence-electron chi connectivity index (χ4n) is 4.48. The Balaban J connectivity index is 1.33. The Morgan fingerprint density at radius 2 is 1.47 bits per heavy atom. The molecule has 4 rings (SSSR count). The molecule has 1 N–H and O–H groups in total. The summed E-state index contributed by atoms with van der Waals surface area (Å²) in [5.74, 6) is -0.631. The molecular formula is C24H26N4O5S. The first kappa shape index (κ1) is 23.7. The van der Waals surface area contributed by atoms with E-state index in [1.165, 1.54) is 22.5 Å². The van der Waals surface area contributed by atoms with E-state index in [-0.39, 0.29) is 52.6 Å². The molecule has 2 saturated heterocycles. The molecular weight excluding hydrogens is 456 g/mol. The van der Waals surface area contributed by atoms with Gasteiger partial charge in [-0.05, 0) is 37.1 Å². The number of piperidine rings is 1. The van der Waals surface area contributed by atoms with Gasteiger partial charge in [-0.15, -0.1) is 0 Å². The molecule has 2 fully saturated rings. The number of nitriles is 1. The molecule has 0 unspecified atom stereocenters. The van der Waals surface area contributed by atoms with Crippen LogP contribution in [0.25, 0.3) is 0 Å². The van der Waals surface area contributed by atoms with Gasteiger partial charge in [0.1, 0.15) is 11.8 Å².